The van der Waals surface area contributed by atoms with Gasteiger partial charge in [-0.2, -0.15) is 0 Å². The van der Waals surface area contributed by atoms with Crippen molar-refractivity contribution in [3.05, 3.63) is 52.2 Å². The highest BCUT2D eigenvalue weighted by Crippen LogP contribution is 2.23. The van der Waals surface area contributed by atoms with Crippen molar-refractivity contribution in [3.63, 3.8) is 0 Å². The Morgan fingerprint density at radius 2 is 1.91 bits per heavy atom. The quantitative estimate of drug-likeness (QED) is 0.381. The molecule has 2 aliphatic heterocycles. The largest absolute Gasteiger partial charge is 0.491 e. The highest BCUT2D eigenvalue weighted by molar-refractivity contribution is 7.13. The first kappa shape index (κ1) is 22.8. The number of benzene rings is 1. The lowest BCUT2D eigenvalue weighted by atomic mass is 10.0. The zero-order chi connectivity index (χ0) is 22.2. The van der Waals surface area contributed by atoms with Crippen LogP contribution in [0, 0.1) is 0 Å². The maximum absolute atomic E-state index is 12.3. The molecule has 1 aromatic heterocycles. The fourth-order valence-electron chi connectivity index (χ4n) is 3.89. The Morgan fingerprint density at radius 3 is 2.69 bits per heavy atom. The number of esters is 1. The Kier molecular flexibility index (Phi) is 8.14. The second-order valence-electron chi connectivity index (χ2n) is 8.03. The van der Waals surface area contributed by atoms with Crippen molar-refractivity contribution in [2.45, 2.75) is 25.3 Å². The van der Waals surface area contributed by atoms with Gasteiger partial charge in [0.25, 0.3) is 0 Å². The first-order chi connectivity index (χ1) is 15.7. The number of β-lactam (4-membered cyclic amide) rings is 1. The van der Waals surface area contributed by atoms with Crippen molar-refractivity contribution in [2.24, 2.45) is 0 Å². The highest BCUT2D eigenvalue weighted by Gasteiger charge is 2.35. The summed E-state index contributed by atoms with van der Waals surface area (Å²) in [6.07, 6.45) is 2.24. The van der Waals surface area contributed by atoms with E-state index in [0.29, 0.717) is 31.1 Å². The molecule has 1 amide bonds. The third-order valence-electron chi connectivity index (χ3n) is 5.79. The van der Waals surface area contributed by atoms with Gasteiger partial charge in [0.05, 0.1) is 25.7 Å². The number of hydrogen-bond donors (Lipinski definition) is 0. The minimum atomic E-state index is -0.259. The number of hydrogen-bond acceptors (Lipinski definition) is 7. The number of carbonyl (C=O) groups is 2. The standard InChI is InChI=1S/C24H30N2O5S/c27-23-17-19(18-31-20-5-2-1-3-6-20)26(23)10-4-7-21-8-9-22(32-21)24(28)30-16-13-25-11-14-29-15-12-25/h1-3,5-6,8-9,19H,4,7,10-18H2/t19-/m1/s1. The van der Waals surface area contributed by atoms with Crippen LogP contribution in [0.2, 0.25) is 0 Å². The van der Waals surface area contributed by atoms with Crippen LogP contribution in [0.5, 0.6) is 5.75 Å². The number of nitrogens with zero attached hydrogens (tertiary/aromatic N) is 2. The highest BCUT2D eigenvalue weighted by atomic mass is 32.1. The predicted octanol–water partition coefficient (Wildman–Crippen LogP) is 2.85. The van der Waals surface area contributed by atoms with Crippen molar-refractivity contribution in [2.75, 3.05) is 52.6 Å². The summed E-state index contributed by atoms with van der Waals surface area (Å²) in [6, 6.07) is 13.6. The summed E-state index contributed by atoms with van der Waals surface area (Å²) in [4.78, 5) is 30.2. The Bertz CT molecular complexity index is 882. The molecule has 0 bridgehead atoms. The Morgan fingerprint density at radius 1 is 1.09 bits per heavy atom. The fraction of sp³-hybridized carbons (Fsp3) is 0.500. The van der Waals surface area contributed by atoms with Crippen molar-refractivity contribution >= 4 is 23.2 Å². The lowest BCUT2D eigenvalue weighted by Gasteiger charge is -2.40. The summed E-state index contributed by atoms with van der Waals surface area (Å²) in [5.41, 5.74) is 0. The van der Waals surface area contributed by atoms with Gasteiger partial charge in [-0.05, 0) is 37.1 Å². The molecule has 0 unspecified atom stereocenters. The fourth-order valence-corrected chi connectivity index (χ4v) is 4.84. The van der Waals surface area contributed by atoms with E-state index in [9.17, 15) is 9.59 Å². The van der Waals surface area contributed by atoms with E-state index in [0.717, 1.165) is 56.3 Å². The van der Waals surface area contributed by atoms with Crippen LogP contribution in [0.1, 0.15) is 27.4 Å². The zero-order valence-electron chi connectivity index (χ0n) is 18.2. The van der Waals surface area contributed by atoms with E-state index in [1.165, 1.54) is 11.3 Å². The van der Waals surface area contributed by atoms with Gasteiger partial charge in [-0.15, -0.1) is 11.3 Å². The molecule has 1 atom stereocenters. The van der Waals surface area contributed by atoms with Gasteiger partial charge in [0.2, 0.25) is 5.91 Å². The average molecular weight is 459 g/mol. The Labute approximate surface area is 192 Å². The Hall–Kier alpha value is -2.42. The number of likely N-dealkylation sites (tertiary alicyclic amines) is 1. The molecular weight excluding hydrogens is 428 g/mol. The molecule has 8 heteroatoms. The first-order valence-electron chi connectivity index (χ1n) is 11.2. The smallest absolute Gasteiger partial charge is 0.348 e. The van der Waals surface area contributed by atoms with Crippen LogP contribution in [-0.4, -0.2) is 80.3 Å². The summed E-state index contributed by atoms with van der Waals surface area (Å²) in [6.45, 7) is 5.63. The number of rotatable bonds is 11. The molecule has 172 valence electrons. The van der Waals surface area contributed by atoms with Crippen LogP contribution in [-0.2, 0) is 20.7 Å². The average Bonchev–Trinajstić information content (AvgIpc) is 3.30. The van der Waals surface area contributed by atoms with E-state index in [4.69, 9.17) is 14.2 Å². The van der Waals surface area contributed by atoms with Gasteiger partial charge in [-0.25, -0.2) is 4.79 Å². The van der Waals surface area contributed by atoms with Gasteiger partial charge in [0.15, 0.2) is 0 Å². The number of amides is 1. The number of ether oxygens (including phenoxy) is 3. The number of morpholine rings is 1. The van der Waals surface area contributed by atoms with Crippen molar-refractivity contribution in [3.8, 4) is 5.75 Å². The van der Waals surface area contributed by atoms with Gasteiger partial charge in [0.1, 0.15) is 23.8 Å². The predicted molar refractivity (Wildman–Crippen MR) is 122 cm³/mol. The second kappa shape index (κ2) is 11.4. The lowest BCUT2D eigenvalue weighted by molar-refractivity contribution is -0.147. The van der Waals surface area contributed by atoms with E-state index in [-0.39, 0.29) is 17.9 Å². The van der Waals surface area contributed by atoms with Crippen LogP contribution in [0.15, 0.2) is 42.5 Å². The minimum absolute atomic E-state index is 0.142. The monoisotopic (exact) mass is 458 g/mol. The van der Waals surface area contributed by atoms with Crippen LogP contribution < -0.4 is 4.74 Å². The third-order valence-corrected chi connectivity index (χ3v) is 6.91. The number of para-hydroxylation sites is 1. The summed E-state index contributed by atoms with van der Waals surface area (Å²) >= 11 is 1.48. The molecule has 7 nitrogen and oxygen atoms in total. The van der Waals surface area contributed by atoms with Crippen molar-refractivity contribution in [1.82, 2.24) is 9.80 Å². The molecule has 0 N–H and O–H groups in total. The van der Waals surface area contributed by atoms with E-state index < -0.39 is 0 Å². The van der Waals surface area contributed by atoms with Crippen LogP contribution in [0.25, 0.3) is 0 Å². The SMILES string of the molecule is O=C(OCCN1CCOCC1)c1ccc(CCCN2C(=O)C[C@@H]2COc2ccccc2)s1. The molecule has 0 aliphatic carbocycles. The lowest BCUT2D eigenvalue weighted by Crippen LogP contribution is -2.55. The maximum Gasteiger partial charge on any atom is 0.348 e. The summed E-state index contributed by atoms with van der Waals surface area (Å²) in [7, 11) is 0. The van der Waals surface area contributed by atoms with E-state index in [1.54, 1.807) is 0 Å². The maximum atomic E-state index is 12.3. The topological polar surface area (TPSA) is 68.3 Å². The minimum Gasteiger partial charge on any atom is -0.491 e. The Balaban J connectivity index is 1.14. The number of thiophene rings is 1. The van der Waals surface area contributed by atoms with Gasteiger partial charge in [0, 0.05) is 31.1 Å². The summed E-state index contributed by atoms with van der Waals surface area (Å²) < 4.78 is 16.6. The van der Waals surface area contributed by atoms with Crippen molar-refractivity contribution < 1.29 is 23.8 Å². The molecule has 1 aromatic carbocycles. The molecule has 2 fully saturated rings. The van der Waals surface area contributed by atoms with E-state index in [2.05, 4.69) is 4.90 Å². The van der Waals surface area contributed by atoms with E-state index >= 15 is 0 Å². The summed E-state index contributed by atoms with van der Waals surface area (Å²) in [5, 5.41) is 0. The number of carbonyl (C=O) groups excluding carboxylic acids is 2. The van der Waals surface area contributed by atoms with Gasteiger partial charge in [-0.3, -0.25) is 9.69 Å². The molecular formula is C24H30N2O5S. The van der Waals surface area contributed by atoms with Crippen LogP contribution in [0.4, 0.5) is 0 Å². The van der Waals surface area contributed by atoms with Crippen molar-refractivity contribution in [1.29, 1.82) is 0 Å². The molecule has 0 saturated carbocycles. The molecule has 4 rings (SSSR count). The number of aryl methyl sites for hydroxylation is 1. The molecule has 32 heavy (non-hydrogen) atoms. The molecule has 2 aromatic rings. The normalized spacial score (nSPS) is 18.9. The second-order valence-corrected chi connectivity index (χ2v) is 9.20. The molecule has 0 radical (unpaired) electrons. The summed E-state index contributed by atoms with van der Waals surface area (Å²) in [5.74, 6) is 0.752. The van der Waals surface area contributed by atoms with Crippen LogP contribution in [0.3, 0.4) is 0 Å². The molecule has 3 heterocycles. The third kappa shape index (κ3) is 6.31. The zero-order valence-corrected chi connectivity index (χ0v) is 19.1. The molecule has 2 aliphatic rings. The van der Waals surface area contributed by atoms with Gasteiger partial charge < -0.3 is 19.1 Å². The van der Waals surface area contributed by atoms with Gasteiger partial charge in [-0.1, -0.05) is 18.2 Å². The van der Waals surface area contributed by atoms with E-state index in [1.807, 2.05) is 47.4 Å². The van der Waals surface area contributed by atoms with Gasteiger partial charge >= 0.3 is 5.97 Å². The van der Waals surface area contributed by atoms with Crippen LogP contribution >= 0.6 is 11.3 Å². The molecule has 2 saturated heterocycles. The molecule has 0 spiro atoms. The first-order valence-corrected chi connectivity index (χ1v) is 12.0.